The zero-order chi connectivity index (χ0) is 16.2. The Bertz CT molecular complexity index is 841. The Morgan fingerprint density at radius 2 is 2.09 bits per heavy atom. The number of fused-ring (bicyclic) bond motifs is 1. The van der Waals surface area contributed by atoms with Crippen LogP contribution in [0.4, 0.5) is 0 Å². The van der Waals surface area contributed by atoms with Crippen LogP contribution in [0, 0.1) is 0 Å². The maximum absolute atomic E-state index is 12.0. The number of hydrogen-bond donors (Lipinski definition) is 1. The summed E-state index contributed by atoms with van der Waals surface area (Å²) in [4.78, 5) is 21.3. The van der Waals surface area contributed by atoms with Crippen molar-refractivity contribution in [2.45, 2.75) is 6.54 Å². The molecule has 7 nitrogen and oxygen atoms in total. The van der Waals surface area contributed by atoms with Crippen molar-refractivity contribution in [3.63, 3.8) is 0 Å². The third-order valence-corrected chi connectivity index (χ3v) is 3.56. The number of H-pyrrole nitrogens is 1. The van der Waals surface area contributed by atoms with E-state index in [9.17, 15) is 4.79 Å². The molecule has 1 aromatic carbocycles. The van der Waals surface area contributed by atoms with Crippen molar-refractivity contribution in [3.8, 4) is 5.75 Å². The van der Waals surface area contributed by atoms with E-state index in [1.54, 1.807) is 11.7 Å². The molecule has 0 atom stereocenters. The minimum absolute atomic E-state index is 0.160. The fraction of sp³-hybridized carbons (Fsp3) is 0.312. The number of ether oxygens (including phenoxy) is 1. The summed E-state index contributed by atoms with van der Waals surface area (Å²) in [5.74, 6) is 1.47. The molecule has 0 spiro atoms. The highest BCUT2D eigenvalue weighted by Gasteiger charge is 2.09. The Morgan fingerprint density at radius 3 is 2.87 bits per heavy atom. The van der Waals surface area contributed by atoms with Crippen LogP contribution in [-0.2, 0) is 13.6 Å². The van der Waals surface area contributed by atoms with Gasteiger partial charge in [-0.05, 0) is 19.2 Å². The molecule has 0 aliphatic carbocycles. The van der Waals surface area contributed by atoms with Crippen LogP contribution in [0.15, 0.2) is 41.3 Å². The predicted octanol–water partition coefficient (Wildman–Crippen LogP) is 1.17. The molecular weight excluding hydrogens is 294 g/mol. The average molecular weight is 313 g/mol. The summed E-state index contributed by atoms with van der Waals surface area (Å²) in [5.41, 5.74) is 0.435. The van der Waals surface area contributed by atoms with Crippen molar-refractivity contribution in [3.05, 3.63) is 52.7 Å². The molecule has 0 aliphatic heterocycles. The summed E-state index contributed by atoms with van der Waals surface area (Å²) in [6.45, 7) is 1.83. The normalized spacial score (nSPS) is 11.3. The molecule has 0 aliphatic rings. The number of aryl methyl sites for hydroxylation is 1. The van der Waals surface area contributed by atoms with Crippen molar-refractivity contribution < 1.29 is 4.74 Å². The highest BCUT2D eigenvalue weighted by Crippen LogP contribution is 2.08. The third-order valence-electron chi connectivity index (χ3n) is 3.56. The first-order valence-electron chi connectivity index (χ1n) is 7.41. The van der Waals surface area contributed by atoms with Crippen LogP contribution in [0.3, 0.4) is 0 Å². The van der Waals surface area contributed by atoms with Gasteiger partial charge in [-0.1, -0.05) is 18.2 Å². The van der Waals surface area contributed by atoms with E-state index < -0.39 is 0 Å². The van der Waals surface area contributed by atoms with E-state index >= 15 is 0 Å². The molecule has 0 fully saturated rings. The van der Waals surface area contributed by atoms with E-state index in [2.05, 4.69) is 15.1 Å². The molecule has 23 heavy (non-hydrogen) atoms. The Hall–Kier alpha value is -2.67. The molecule has 3 aromatic rings. The number of rotatable bonds is 6. The molecule has 0 amide bonds. The number of benzene rings is 1. The van der Waals surface area contributed by atoms with E-state index in [1.165, 1.54) is 6.20 Å². The Kier molecular flexibility index (Phi) is 4.38. The quantitative estimate of drug-likeness (QED) is 0.739. The lowest BCUT2D eigenvalue weighted by atomic mass is 10.3. The smallest absolute Gasteiger partial charge is 0.262 e. The molecular formula is C16H19N5O2. The van der Waals surface area contributed by atoms with E-state index in [1.807, 2.05) is 42.3 Å². The Labute approximate surface area is 133 Å². The molecule has 7 heteroatoms. The van der Waals surface area contributed by atoms with Crippen molar-refractivity contribution in [2.75, 3.05) is 20.2 Å². The molecule has 0 radical (unpaired) electrons. The standard InChI is InChI=1S/C16H19N5O2/c1-20(8-9-23-12-6-4-3-5-7-12)11-14-18-15-13(16(22)19-14)10-17-21(15)2/h3-7,10H,8-9,11H2,1-2H3,(H,18,19,22). The summed E-state index contributed by atoms with van der Waals surface area (Å²) in [7, 11) is 3.73. The van der Waals surface area contributed by atoms with Crippen LogP contribution in [0.1, 0.15) is 5.82 Å². The van der Waals surface area contributed by atoms with Crippen LogP contribution in [0.5, 0.6) is 5.75 Å². The van der Waals surface area contributed by atoms with Gasteiger partial charge in [-0.3, -0.25) is 14.4 Å². The molecule has 3 rings (SSSR count). The summed E-state index contributed by atoms with van der Waals surface area (Å²) < 4.78 is 7.27. The second-order valence-electron chi connectivity index (χ2n) is 5.42. The number of nitrogens with zero attached hydrogens (tertiary/aromatic N) is 4. The molecule has 0 saturated heterocycles. The second kappa shape index (κ2) is 6.62. The van der Waals surface area contributed by atoms with Crippen molar-refractivity contribution in [2.24, 2.45) is 7.05 Å². The van der Waals surface area contributed by atoms with Gasteiger partial charge in [0.2, 0.25) is 0 Å². The van der Waals surface area contributed by atoms with E-state index in [-0.39, 0.29) is 5.56 Å². The van der Waals surface area contributed by atoms with Crippen LogP contribution < -0.4 is 10.3 Å². The molecule has 2 aromatic heterocycles. The van der Waals surface area contributed by atoms with Gasteiger partial charge < -0.3 is 9.72 Å². The molecule has 0 saturated carbocycles. The fourth-order valence-electron chi connectivity index (χ4n) is 2.32. The first-order chi connectivity index (χ1) is 11.1. The summed E-state index contributed by atoms with van der Waals surface area (Å²) in [6, 6.07) is 9.69. The molecule has 120 valence electrons. The van der Waals surface area contributed by atoms with E-state index in [0.717, 1.165) is 12.3 Å². The lowest BCUT2D eigenvalue weighted by Crippen LogP contribution is -2.26. The number of nitrogens with one attached hydrogen (secondary N) is 1. The highest BCUT2D eigenvalue weighted by molar-refractivity contribution is 5.72. The van der Waals surface area contributed by atoms with Crippen molar-refractivity contribution in [1.82, 2.24) is 24.6 Å². The van der Waals surface area contributed by atoms with Crippen LogP contribution >= 0.6 is 0 Å². The minimum atomic E-state index is -0.160. The van der Waals surface area contributed by atoms with Gasteiger partial charge in [-0.25, -0.2) is 4.98 Å². The van der Waals surface area contributed by atoms with E-state index in [0.29, 0.717) is 30.0 Å². The average Bonchev–Trinajstić information content (AvgIpc) is 2.90. The molecule has 2 heterocycles. The zero-order valence-electron chi connectivity index (χ0n) is 13.2. The molecule has 0 unspecified atom stereocenters. The fourth-order valence-corrected chi connectivity index (χ4v) is 2.32. The summed E-state index contributed by atoms with van der Waals surface area (Å²) in [5, 5.41) is 4.57. The summed E-state index contributed by atoms with van der Waals surface area (Å²) in [6.07, 6.45) is 1.53. The lowest BCUT2D eigenvalue weighted by molar-refractivity contribution is 0.230. The van der Waals surface area contributed by atoms with Gasteiger partial charge >= 0.3 is 0 Å². The van der Waals surface area contributed by atoms with Crippen LogP contribution in [-0.4, -0.2) is 44.8 Å². The first kappa shape index (κ1) is 15.2. The number of para-hydroxylation sites is 1. The second-order valence-corrected chi connectivity index (χ2v) is 5.42. The predicted molar refractivity (Wildman–Crippen MR) is 87.4 cm³/mol. The Balaban J connectivity index is 1.60. The van der Waals surface area contributed by atoms with Gasteiger partial charge in [0.05, 0.1) is 12.7 Å². The largest absolute Gasteiger partial charge is 0.492 e. The first-order valence-corrected chi connectivity index (χ1v) is 7.41. The Morgan fingerprint density at radius 1 is 1.30 bits per heavy atom. The number of hydrogen-bond acceptors (Lipinski definition) is 5. The van der Waals surface area contributed by atoms with Gasteiger partial charge in [0, 0.05) is 13.6 Å². The SMILES string of the molecule is CN(CCOc1ccccc1)Cc1nc2c(cnn2C)c(=O)[nH]1. The lowest BCUT2D eigenvalue weighted by Gasteiger charge is -2.16. The van der Waals surface area contributed by atoms with Crippen molar-refractivity contribution >= 4 is 11.0 Å². The van der Waals surface area contributed by atoms with Gasteiger partial charge in [0.1, 0.15) is 23.6 Å². The van der Waals surface area contributed by atoms with Gasteiger partial charge in [-0.2, -0.15) is 5.10 Å². The van der Waals surface area contributed by atoms with Gasteiger partial charge in [0.15, 0.2) is 5.65 Å². The maximum atomic E-state index is 12.0. The zero-order valence-corrected chi connectivity index (χ0v) is 13.2. The number of aromatic nitrogens is 4. The minimum Gasteiger partial charge on any atom is -0.492 e. The van der Waals surface area contributed by atoms with Crippen molar-refractivity contribution in [1.29, 1.82) is 0 Å². The molecule has 1 N–H and O–H groups in total. The monoisotopic (exact) mass is 313 g/mol. The van der Waals surface area contributed by atoms with Gasteiger partial charge in [-0.15, -0.1) is 0 Å². The number of aromatic amines is 1. The molecule has 0 bridgehead atoms. The van der Waals surface area contributed by atoms with Crippen LogP contribution in [0.2, 0.25) is 0 Å². The third kappa shape index (κ3) is 3.57. The number of likely N-dealkylation sites (N-methyl/N-ethyl adjacent to an activating group) is 1. The van der Waals surface area contributed by atoms with Gasteiger partial charge in [0.25, 0.3) is 5.56 Å². The topological polar surface area (TPSA) is 76.0 Å². The van der Waals surface area contributed by atoms with Crippen LogP contribution in [0.25, 0.3) is 11.0 Å². The maximum Gasteiger partial charge on any atom is 0.262 e. The summed E-state index contributed by atoms with van der Waals surface area (Å²) >= 11 is 0. The van der Waals surface area contributed by atoms with E-state index in [4.69, 9.17) is 4.74 Å². The highest BCUT2D eigenvalue weighted by atomic mass is 16.5.